The number of Topliss-reactive ketones (excluding diaryl/α,β-unsaturated/α-hetero) is 1. The van der Waals surface area contributed by atoms with E-state index in [2.05, 4.69) is 15.9 Å². The number of benzene rings is 1. The normalized spacial score (nSPS) is 11.4. The van der Waals surface area contributed by atoms with E-state index in [-0.39, 0.29) is 11.9 Å². The average molecular weight is 277 g/mol. The second-order valence-corrected chi connectivity index (χ2v) is 5.88. The van der Waals surface area contributed by atoms with Crippen LogP contribution < -0.4 is 11.0 Å². The smallest absolute Gasteiger partial charge is 0.213 e. The highest BCUT2D eigenvalue weighted by Gasteiger charge is 2.16. The zero-order valence-corrected chi connectivity index (χ0v) is 9.79. The Morgan fingerprint density at radius 3 is 2.21 bits per heavy atom. The highest BCUT2D eigenvalue weighted by atomic mass is 79.9. The van der Waals surface area contributed by atoms with Crippen molar-refractivity contribution in [2.75, 3.05) is 6.16 Å². The van der Waals surface area contributed by atoms with Gasteiger partial charge in [-0.1, -0.05) is 28.1 Å². The third-order valence-electron chi connectivity index (χ3n) is 1.56. The second-order valence-electron chi connectivity index (χ2n) is 2.94. The molecule has 0 aliphatic carbocycles. The minimum atomic E-state index is -3.26. The van der Waals surface area contributed by atoms with Crippen LogP contribution in [-0.4, -0.2) is 11.9 Å². The number of carbonyl (C=O) groups excluding carboxylic acids is 1. The van der Waals surface area contributed by atoms with Gasteiger partial charge in [0.1, 0.15) is 0 Å². The Kier molecular flexibility index (Phi) is 3.61. The predicted octanol–water partition coefficient (Wildman–Crippen LogP) is 1.74. The molecular formula is C8H10BrN2O2P. The maximum Gasteiger partial charge on any atom is 0.213 e. The first-order valence-corrected chi connectivity index (χ1v) is 6.66. The Balaban J connectivity index is 2.81. The Labute approximate surface area is 90.3 Å². The van der Waals surface area contributed by atoms with Crippen LogP contribution in [0.15, 0.2) is 28.7 Å². The fraction of sp³-hybridized carbons (Fsp3) is 0.125. The summed E-state index contributed by atoms with van der Waals surface area (Å²) in [4.78, 5) is 11.4. The van der Waals surface area contributed by atoms with Gasteiger partial charge in [-0.25, -0.2) is 0 Å². The van der Waals surface area contributed by atoms with E-state index in [0.717, 1.165) is 4.47 Å². The molecule has 0 bridgehead atoms. The highest BCUT2D eigenvalue weighted by Crippen LogP contribution is 2.25. The van der Waals surface area contributed by atoms with Crippen LogP contribution in [0.4, 0.5) is 0 Å². The fourth-order valence-corrected chi connectivity index (χ4v) is 1.85. The molecular weight excluding hydrogens is 267 g/mol. The van der Waals surface area contributed by atoms with Gasteiger partial charge in [0.2, 0.25) is 7.44 Å². The summed E-state index contributed by atoms with van der Waals surface area (Å²) in [6.07, 6.45) is -0.297. The first-order valence-electron chi connectivity index (χ1n) is 3.83. The topological polar surface area (TPSA) is 86.2 Å². The van der Waals surface area contributed by atoms with E-state index in [9.17, 15) is 9.36 Å². The number of rotatable bonds is 3. The molecule has 1 rings (SSSR count). The van der Waals surface area contributed by atoms with Crippen LogP contribution in [0.2, 0.25) is 0 Å². The average Bonchev–Trinajstić information content (AvgIpc) is 2.02. The van der Waals surface area contributed by atoms with E-state index < -0.39 is 7.44 Å². The van der Waals surface area contributed by atoms with Gasteiger partial charge in [-0.15, -0.1) is 0 Å². The van der Waals surface area contributed by atoms with Crippen molar-refractivity contribution in [3.05, 3.63) is 34.3 Å². The van der Waals surface area contributed by atoms with Crippen molar-refractivity contribution in [1.29, 1.82) is 0 Å². The molecule has 1 aromatic carbocycles. The lowest BCUT2D eigenvalue weighted by Gasteiger charge is -2.04. The van der Waals surface area contributed by atoms with E-state index in [4.69, 9.17) is 11.0 Å². The summed E-state index contributed by atoms with van der Waals surface area (Å²) in [7, 11) is -3.26. The standard InChI is InChI=1S/C8H10BrN2O2P/c9-7-3-1-6(2-4-7)8(12)5-14(10,11)13/h1-4H,5H2,(H4,10,11,13). The lowest BCUT2D eigenvalue weighted by molar-refractivity contribution is 0.102. The van der Waals surface area contributed by atoms with Gasteiger partial charge in [-0.3, -0.25) is 20.4 Å². The van der Waals surface area contributed by atoms with Crippen molar-refractivity contribution >= 4 is 29.2 Å². The molecule has 0 aliphatic rings. The van der Waals surface area contributed by atoms with Crippen LogP contribution in [0.25, 0.3) is 0 Å². The first-order chi connectivity index (χ1) is 6.38. The fourth-order valence-electron chi connectivity index (χ4n) is 0.952. The zero-order valence-electron chi connectivity index (χ0n) is 7.31. The number of carbonyl (C=O) groups is 1. The molecule has 4 nitrogen and oxygen atoms in total. The lowest BCUT2D eigenvalue weighted by Crippen LogP contribution is -2.16. The zero-order chi connectivity index (χ0) is 10.8. The number of ketones is 1. The first kappa shape index (κ1) is 11.6. The number of halogens is 1. The Bertz CT molecular complexity index is 385. The summed E-state index contributed by atoms with van der Waals surface area (Å²) in [6, 6.07) is 6.71. The van der Waals surface area contributed by atoms with Crippen molar-refractivity contribution in [1.82, 2.24) is 0 Å². The number of nitrogens with two attached hydrogens (primary N) is 2. The predicted molar refractivity (Wildman–Crippen MR) is 59.3 cm³/mol. The van der Waals surface area contributed by atoms with Gasteiger partial charge in [0.25, 0.3) is 0 Å². The summed E-state index contributed by atoms with van der Waals surface area (Å²) in [5, 5.41) is 0. The molecule has 0 aliphatic heterocycles. The molecule has 0 radical (unpaired) electrons. The highest BCUT2D eigenvalue weighted by molar-refractivity contribution is 9.10. The Morgan fingerprint density at radius 1 is 1.29 bits per heavy atom. The summed E-state index contributed by atoms with van der Waals surface area (Å²) < 4.78 is 11.9. The van der Waals surface area contributed by atoms with Crippen LogP contribution in [0.5, 0.6) is 0 Å². The summed E-state index contributed by atoms with van der Waals surface area (Å²) in [5.74, 6) is -0.300. The summed E-state index contributed by atoms with van der Waals surface area (Å²) >= 11 is 3.24. The molecule has 0 saturated carbocycles. The molecule has 6 heteroatoms. The SMILES string of the molecule is NP(N)(=O)CC(=O)c1ccc(Br)cc1. The largest absolute Gasteiger partial charge is 0.294 e. The van der Waals surface area contributed by atoms with E-state index >= 15 is 0 Å². The maximum atomic E-state index is 11.4. The van der Waals surface area contributed by atoms with Crippen molar-refractivity contribution in [2.45, 2.75) is 0 Å². The minimum absolute atomic E-state index is 0.297. The van der Waals surface area contributed by atoms with Crippen molar-refractivity contribution < 1.29 is 9.36 Å². The molecule has 14 heavy (non-hydrogen) atoms. The third-order valence-corrected chi connectivity index (χ3v) is 2.87. The Hall–Kier alpha value is -0.480. The summed E-state index contributed by atoms with van der Waals surface area (Å²) in [6.45, 7) is 0. The quantitative estimate of drug-likeness (QED) is 0.650. The van der Waals surface area contributed by atoms with Gasteiger partial charge in [0.05, 0.1) is 6.16 Å². The molecule has 76 valence electrons. The lowest BCUT2D eigenvalue weighted by atomic mass is 10.2. The van der Waals surface area contributed by atoms with Gasteiger partial charge in [0.15, 0.2) is 5.78 Å². The monoisotopic (exact) mass is 276 g/mol. The minimum Gasteiger partial charge on any atom is -0.294 e. The van der Waals surface area contributed by atoms with E-state index in [0.29, 0.717) is 5.56 Å². The van der Waals surface area contributed by atoms with Crippen LogP contribution in [0.1, 0.15) is 10.4 Å². The van der Waals surface area contributed by atoms with E-state index in [1.54, 1.807) is 24.3 Å². The molecule has 0 aromatic heterocycles. The molecule has 4 N–H and O–H groups in total. The molecule has 0 atom stereocenters. The van der Waals surface area contributed by atoms with Crippen LogP contribution in [0, 0.1) is 0 Å². The van der Waals surface area contributed by atoms with Crippen molar-refractivity contribution in [3.63, 3.8) is 0 Å². The summed E-state index contributed by atoms with van der Waals surface area (Å²) in [5.41, 5.74) is 10.7. The molecule has 0 heterocycles. The van der Waals surface area contributed by atoms with Crippen LogP contribution in [-0.2, 0) is 4.57 Å². The van der Waals surface area contributed by atoms with Gasteiger partial charge in [-0.2, -0.15) is 0 Å². The second kappa shape index (κ2) is 4.36. The molecule has 0 saturated heterocycles. The van der Waals surface area contributed by atoms with E-state index in [1.165, 1.54) is 0 Å². The molecule has 0 unspecified atom stereocenters. The Morgan fingerprint density at radius 2 is 1.79 bits per heavy atom. The van der Waals surface area contributed by atoms with Crippen molar-refractivity contribution in [3.8, 4) is 0 Å². The van der Waals surface area contributed by atoms with Gasteiger partial charge in [0, 0.05) is 10.0 Å². The number of hydrogen-bond acceptors (Lipinski definition) is 2. The molecule has 0 amide bonds. The van der Waals surface area contributed by atoms with Gasteiger partial charge < -0.3 is 0 Å². The molecule has 0 spiro atoms. The number of hydrogen-bond donors (Lipinski definition) is 2. The van der Waals surface area contributed by atoms with Crippen LogP contribution >= 0.6 is 23.4 Å². The maximum absolute atomic E-state index is 11.4. The van der Waals surface area contributed by atoms with E-state index in [1.807, 2.05) is 0 Å². The van der Waals surface area contributed by atoms with Crippen LogP contribution in [0.3, 0.4) is 0 Å². The molecule has 0 fully saturated rings. The van der Waals surface area contributed by atoms with Gasteiger partial charge >= 0.3 is 0 Å². The molecule has 1 aromatic rings. The van der Waals surface area contributed by atoms with Gasteiger partial charge in [-0.05, 0) is 12.1 Å². The van der Waals surface area contributed by atoms with Crippen molar-refractivity contribution in [2.24, 2.45) is 11.0 Å². The third kappa shape index (κ3) is 3.72.